The van der Waals surface area contributed by atoms with E-state index in [9.17, 15) is 14.4 Å². The van der Waals surface area contributed by atoms with Gasteiger partial charge in [0.15, 0.2) is 0 Å². The number of hydrogen-bond acceptors (Lipinski definition) is 6. The van der Waals surface area contributed by atoms with Crippen LogP contribution in [0, 0.1) is 24.7 Å². The number of imide groups is 1. The van der Waals surface area contributed by atoms with Crippen molar-refractivity contribution in [2.75, 3.05) is 11.9 Å². The molecule has 2 heterocycles. The minimum absolute atomic E-state index is 0.121. The van der Waals surface area contributed by atoms with Crippen LogP contribution in [0.25, 0.3) is 0 Å². The number of nitrogens with one attached hydrogen (secondary N) is 2. The monoisotopic (exact) mass is 479 g/mol. The quantitative estimate of drug-likeness (QED) is 0.636. The van der Waals surface area contributed by atoms with Crippen molar-refractivity contribution >= 4 is 34.3 Å². The minimum Gasteiger partial charge on any atom is -0.319 e. The van der Waals surface area contributed by atoms with Crippen molar-refractivity contribution in [2.24, 2.45) is 17.8 Å². The zero-order valence-corrected chi connectivity index (χ0v) is 20.3. The number of anilines is 1. The van der Waals surface area contributed by atoms with Crippen molar-refractivity contribution in [3.8, 4) is 0 Å². The number of rotatable bonds is 5. The summed E-state index contributed by atoms with van der Waals surface area (Å²) in [6, 6.07) is 6.86. The number of aryl methyl sites for hydroxylation is 1. The lowest BCUT2D eigenvalue weighted by Gasteiger charge is -2.55. The van der Waals surface area contributed by atoms with Crippen LogP contribution >= 0.6 is 11.3 Å². The maximum absolute atomic E-state index is 13.1. The smallest absolute Gasteiger partial charge is 0.319 e. The standard InChI is InChI=1S/C25H29N5O3S/c1-14-3-5-18(6-4-14)24(2)21(32)30(23(33)27-24)13-19(31)26-22-29-28-20(34-22)25-10-15-7-16(11-25)9-17(8-15)12-25/h3-6,15-17H,7-13H2,1-2H3,(H,27,33)(H,26,29,31). The summed E-state index contributed by atoms with van der Waals surface area (Å²) in [6.07, 6.45) is 7.62. The van der Waals surface area contributed by atoms with Crippen molar-refractivity contribution in [2.45, 2.75) is 63.3 Å². The van der Waals surface area contributed by atoms with Crippen LogP contribution in [0.5, 0.6) is 0 Å². The van der Waals surface area contributed by atoms with E-state index in [0.29, 0.717) is 10.7 Å². The van der Waals surface area contributed by atoms with Gasteiger partial charge in [-0.25, -0.2) is 4.79 Å². The molecule has 4 aliphatic carbocycles. The van der Waals surface area contributed by atoms with Gasteiger partial charge < -0.3 is 5.32 Å². The van der Waals surface area contributed by atoms with Gasteiger partial charge in [-0.2, -0.15) is 0 Å². The highest BCUT2D eigenvalue weighted by atomic mass is 32.1. The van der Waals surface area contributed by atoms with Crippen LogP contribution < -0.4 is 10.6 Å². The fraction of sp³-hybridized carbons (Fsp3) is 0.560. The highest BCUT2D eigenvalue weighted by Crippen LogP contribution is 2.61. The Morgan fingerprint density at radius 1 is 1.09 bits per heavy atom. The molecule has 1 saturated heterocycles. The normalized spacial score (nSPS) is 33.9. The predicted molar refractivity (Wildman–Crippen MR) is 127 cm³/mol. The lowest BCUT2D eigenvalue weighted by Crippen LogP contribution is -2.48. The Balaban J connectivity index is 1.14. The number of amides is 4. The predicted octanol–water partition coefficient (Wildman–Crippen LogP) is 3.72. The summed E-state index contributed by atoms with van der Waals surface area (Å²) in [5, 5.41) is 15.7. The minimum atomic E-state index is -1.19. The maximum Gasteiger partial charge on any atom is 0.325 e. The highest BCUT2D eigenvalue weighted by molar-refractivity contribution is 7.15. The highest BCUT2D eigenvalue weighted by Gasteiger charge is 2.53. The molecule has 1 aliphatic heterocycles. The first-order valence-corrected chi connectivity index (χ1v) is 12.9. The molecule has 2 N–H and O–H groups in total. The molecular weight excluding hydrogens is 450 g/mol. The first kappa shape index (κ1) is 21.7. The number of carbonyl (C=O) groups is 3. The van der Waals surface area contributed by atoms with Gasteiger partial charge in [-0.3, -0.25) is 19.8 Å². The third-order valence-corrected chi connectivity index (χ3v) is 9.45. The van der Waals surface area contributed by atoms with Gasteiger partial charge in [0, 0.05) is 5.41 Å². The Kier molecular flexibility index (Phi) is 4.85. The summed E-state index contributed by atoms with van der Waals surface area (Å²) < 4.78 is 0. The van der Waals surface area contributed by atoms with Crippen LogP contribution in [-0.2, 0) is 20.5 Å². The summed E-state index contributed by atoms with van der Waals surface area (Å²) in [6.45, 7) is 3.26. The van der Waals surface area contributed by atoms with Gasteiger partial charge in [0.25, 0.3) is 5.91 Å². The fourth-order valence-corrected chi connectivity index (χ4v) is 8.06. The molecule has 1 aromatic carbocycles. The van der Waals surface area contributed by atoms with E-state index in [1.165, 1.54) is 49.9 Å². The Morgan fingerprint density at radius 2 is 1.71 bits per heavy atom. The molecule has 4 saturated carbocycles. The zero-order valence-electron chi connectivity index (χ0n) is 19.5. The Morgan fingerprint density at radius 3 is 2.32 bits per heavy atom. The molecule has 1 atom stereocenters. The number of nitrogens with zero attached hydrogens (tertiary/aromatic N) is 3. The molecule has 7 rings (SSSR count). The third-order valence-electron chi connectivity index (χ3n) is 8.37. The average molecular weight is 480 g/mol. The van der Waals surface area contributed by atoms with Crippen LogP contribution in [0.2, 0.25) is 0 Å². The SMILES string of the molecule is Cc1ccc(C2(C)NC(=O)N(CC(=O)Nc3nnc(C45CC6CC(CC(C6)C4)C5)s3)C2=O)cc1. The number of aromatic nitrogens is 2. The molecule has 4 amide bonds. The van der Waals surface area contributed by atoms with Gasteiger partial charge in [-0.15, -0.1) is 10.2 Å². The van der Waals surface area contributed by atoms with Crippen LogP contribution in [-0.4, -0.2) is 39.5 Å². The molecule has 1 aromatic heterocycles. The summed E-state index contributed by atoms with van der Waals surface area (Å²) in [5.74, 6) is 1.51. The molecule has 1 unspecified atom stereocenters. The second kappa shape index (κ2) is 7.60. The van der Waals surface area contributed by atoms with E-state index in [-0.39, 0.29) is 12.0 Å². The molecule has 178 valence electrons. The van der Waals surface area contributed by atoms with E-state index in [1.807, 2.05) is 31.2 Å². The first-order valence-electron chi connectivity index (χ1n) is 12.1. The number of benzene rings is 1. The summed E-state index contributed by atoms with van der Waals surface area (Å²) >= 11 is 1.45. The van der Waals surface area contributed by atoms with Crippen molar-refractivity contribution in [3.63, 3.8) is 0 Å². The second-order valence-corrected chi connectivity index (χ2v) is 11.9. The molecule has 4 bridgehead atoms. The zero-order chi connectivity index (χ0) is 23.7. The second-order valence-electron chi connectivity index (χ2n) is 11.0. The largest absolute Gasteiger partial charge is 0.325 e. The first-order chi connectivity index (χ1) is 16.2. The summed E-state index contributed by atoms with van der Waals surface area (Å²) in [7, 11) is 0. The fourth-order valence-electron chi connectivity index (χ4n) is 7.09. The lowest BCUT2D eigenvalue weighted by molar-refractivity contribution is -0.133. The van der Waals surface area contributed by atoms with E-state index in [4.69, 9.17) is 0 Å². The topological polar surface area (TPSA) is 104 Å². The molecule has 5 fully saturated rings. The van der Waals surface area contributed by atoms with E-state index >= 15 is 0 Å². The van der Waals surface area contributed by atoms with Gasteiger partial charge in [-0.1, -0.05) is 41.2 Å². The van der Waals surface area contributed by atoms with E-state index in [2.05, 4.69) is 20.8 Å². The Hall–Kier alpha value is -2.81. The summed E-state index contributed by atoms with van der Waals surface area (Å²) in [4.78, 5) is 39.4. The average Bonchev–Trinajstić information content (AvgIpc) is 3.33. The Labute approximate surface area is 202 Å². The molecule has 2 aromatic rings. The molecule has 8 nitrogen and oxygen atoms in total. The van der Waals surface area contributed by atoms with Crippen LogP contribution in [0.4, 0.5) is 9.93 Å². The van der Waals surface area contributed by atoms with Crippen LogP contribution in [0.15, 0.2) is 24.3 Å². The van der Waals surface area contributed by atoms with Crippen molar-refractivity contribution in [1.82, 2.24) is 20.4 Å². The number of urea groups is 1. The van der Waals surface area contributed by atoms with Gasteiger partial charge in [0.2, 0.25) is 11.0 Å². The lowest BCUT2D eigenvalue weighted by atomic mass is 9.50. The third kappa shape index (κ3) is 3.43. The Bertz CT molecular complexity index is 1140. The van der Waals surface area contributed by atoms with Crippen molar-refractivity contribution in [3.05, 3.63) is 40.4 Å². The van der Waals surface area contributed by atoms with Gasteiger partial charge in [-0.05, 0) is 75.7 Å². The van der Waals surface area contributed by atoms with Gasteiger partial charge >= 0.3 is 6.03 Å². The van der Waals surface area contributed by atoms with Crippen molar-refractivity contribution < 1.29 is 14.4 Å². The van der Waals surface area contributed by atoms with Gasteiger partial charge in [0.1, 0.15) is 17.1 Å². The van der Waals surface area contributed by atoms with Gasteiger partial charge in [0.05, 0.1) is 0 Å². The van der Waals surface area contributed by atoms with E-state index in [1.54, 1.807) is 6.92 Å². The molecule has 34 heavy (non-hydrogen) atoms. The molecule has 9 heteroatoms. The van der Waals surface area contributed by atoms with Crippen molar-refractivity contribution in [1.29, 1.82) is 0 Å². The van der Waals surface area contributed by atoms with Crippen LogP contribution in [0.3, 0.4) is 0 Å². The number of hydrogen-bond donors (Lipinski definition) is 2. The molecule has 0 spiro atoms. The molecule has 5 aliphatic rings. The maximum atomic E-state index is 13.1. The molecular formula is C25H29N5O3S. The molecule has 0 radical (unpaired) electrons. The van der Waals surface area contributed by atoms with E-state index < -0.39 is 23.4 Å². The van der Waals surface area contributed by atoms with E-state index in [0.717, 1.165) is 33.2 Å². The summed E-state index contributed by atoms with van der Waals surface area (Å²) in [5.41, 5.74) is 0.671. The number of carbonyl (C=O) groups excluding carboxylic acids is 3. The van der Waals surface area contributed by atoms with Crippen LogP contribution in [0.1, 0.15) is 61.6 Å².